The highest BCUT2D eigenvalue weighted by atomic mass is 35.5. The second-order valence-electron chi connectivity index (χ2n) is 7.38. The summed E-state index contributed by atoms with van der Waals surface area (Å²) in [6.07, 6.45) is -0.903. The monoisotopic (exact) mass is 409 g/mol. The Morgan fingerprint density at radius 2 is 1.96 bits per heavy atom. The number of carbonyl (C=O) groups is 3. The molecule has 0 saturated heterocycles. The van der Waals surface area contributed by atoms with E-state index in [-0.39, 0.29) is 24.6 Å². The summed E-state index contributed by atoms with van der Waals surface area (Å²) in [7, 11) is 1.19. The van der Waals surface area contributed by atoms with E-state index in [9.17, 15) is 14.4 Å². The molecule has 1 aromatic rings. The number of halogens is 1. The highest BCUT2D eigenvalue weighted by molar-refractivity contribution is 6.30. The molecule has 0 bridgehead atoms. The van der Waals surface area contributed by atoms with E-state index in [4.69, 9.17) is 21.1 Å². The van der Waals surface area contributed by atoms with E-state index >= 15 is 0 Å². The fraction of sp³-hybridized carbons (Fsp3) is 0.450. The van der Waals surface area contributed by atoms with Gasteiger partial charge in [-0.2, -0.15) is 0 Å². The number of rotatable bonds is 4. The molecule has 0 radical (unpaired) electrons. The first-order valence-corrected chi connectivity index (χ1v) is 9.14. The predicted octanol–water partition coefficient (Wildman–Crippen LogP) is 4.01. The van der Waals surface area contributed by atoms with Crippen molar-refractivity contribution in [3.8, 4) is 0 Å². The van der Waals surface area contributed by atoms with E-state index < -0.39 is 23.6 Å². The third-order valence-electron chi connectivity index (χ3n) is 4.08. The molecule has 0 spiro atoms. The molecule has 0 aromatic heterocycles. The summed E-state index contributed by atoms with van der Waals surface area (Å²) in [6, 6.07) is 6.96. The molecule has 8 heteroatoms. The van der Waals surface area contributed by atoms with Crippen LogP contribution < -0.4 is 0 Å². The van der Waals surface area contributed by atoms with Gasteiger partial charge in [-0.1, -0.05) is 23.7 Å². The number of carbonyl (C=O) groups excluding carboxylic acids is 3. The largest absolute Gasteiger partial charge is 0.513 e. The molecule has 1 unspecified atom stereocenters. The molecule has 0 N–H and O–H groups in total. The smallest absolute Gasteiger partial charge is 0.459 e. The number of benzene rings is 1. The molecule has 7 nitrogen and oxygen atoms in total. The van der Waals surface area contributed by atoms with Gasteiger partial charge in [-0.25, -0.2) is 4.79 Å². The van der Waals surface area contributed by atoms with Gasteiger partial charge in [0.2, 0.25) is 5.91 Å². The van der Waals surface area contributed by atoms with Crippen molar-refractivity contribution in [1.29, 1.82) is 0 Å². The maximum absolute atomic E-state index is 12.8. The van der Waals surface area contributed by atoms with Crippen LogP contribution in [0.5, 0.6) is 0 Å². The highest BCUT2D eigenvalue weighted by Gasteiger charge is 2.37. The third kappa shape index (κ3) is 5.48. The number of hydrogen-bond acceptors (Lipinski definition) is 6. The van der Waals surface area contributed by atoms with Crippen LogP contribution in [0.15, 0.2) is 35.7 Å². The quantitative estimate of drug-likeness (QED) is 0.699. The Kier molecular flexibility index (Phi) is 6.72. The first-order chi connectivity index (χ1) is 13.0. The van der Waals surface area contributed by atoms with E-state index in [1.807, 2.05) is 0 Å². The highest BCUT2D eigenvalue weighted by Crippen LogP contribution is 2.38. The van der Waals surface area contributed by atoms with Gasteiger partial charge in [0.15, 0.2) is 0 Å². The van der Waals surface area contributed by atoms with Crippen molar-refractivity contribution < 1.29 is 28.6 Å². The zero-order valence-corrected chi connectivity index (χ0v) is 17.3. The molecule has 152 valence electrons. The van der Waals surface area contributed by atoms with E-state index in [0.717, 1.165) is 5.56 Å². The van der Waals surface area contributed by atoms with Gasteiger partial charge in [-0.3, -0.25) is 9.59 Å². The van der Waals surface area contributed by atoms with Crippen molar-refractivity contribution in [3.63, 3.8) is 0 Å². The minimum Gasteiger partial charge on any atom is -0.459 e. The number of amides is 1. The molecule has 0 aliphatic carbocycles. The average Bonchev–Trinajstić information content (AvgIpc) is 2.59. The predicted molar refractivity (Wildman–Crippen MR) is 103 cm³/mol. The van der Waals surface area contributed by atoms with Gasteiger partial charge in [-0.05, 0) is 45.4 Å². The first-order valence-electron chi connectivity index (χ1n) is 8.76. The van der Waals surface area contributed by atoms with Crippen molar-refractivity contribution in [2.45, 2.75) is 45.6 Å². The Hall–Kier alpha value is -2.54. The van der Waals surface area contributed by atoms with Crippen LogP contribution in [0.2, 0.25) is 5.02 Å². The molecule has 1 atom stereocenters. The number of ether oxygens (including phenoxy) is 3. The van der Waals surface area contributed by atoms with E-state index in [2.05, 4.69) is 4.74 Å². The number of esters is 1. The van der Waals surface area contributed by atoms with Gasteiger partial charge in [-0.15, -0.1) is 0 Å². The van der Waals surface area contributed by atoms with Gasteiger partial charge >= 0.3 is 12.1 Å². The van der Waals surface area contributed by atoms with Gasteiger partial charge in [0.25, 0.3) is 0 Å². The molecule has 1 aromatic carbocycles. The molecule has 2 rings (SSSR count). The van der Waals surface area contributed by atoms with Gasteiger partial charge < -0.3 is 19.1 Å². The molecule has 1 amide bonds. The number of hydrogen-bond donors (Lipinski definition) is 0. The molecule has 1 aliphatic rings. The molecule has 0 saturated carbocycles. The SMILES string of the molecule is COC(=O)OC1=C(C)N(CC(=O)OC(C)(C)C)C(=O)CC1c1cccc(Cl)c1. The molecular formula is C20H24ClNO6. The van der Waals surface area contributed by atoms with Crippen LogP contribution in [0.3, 0.4) is 0 Å². The van der Waals surface area contributed by atoms with Crippen LogP contribution in [0.4, 0.5) is 4.79 Å². The van der Waals surface area contributed by atoms with E-state index in [1.165, 1.54) is 12.0 Å². The molecule has 1 heterocycles. The van der Waals surface area contributed by atoms with Crippen molar-refractivity contribution in [2.75, 3.05) is 13.7 Å². The van der Waals surface area contributed by atoms with Crippen LogP contribution in [0.25, 0.3) is 0 Å². The zero-order chi connectivity index (χ0) is 21.1. The summed E-state index contributed by atoms with van der Waals surface area (Å²) in [5.74, 6) is -1.14. The summed E-state index contributed by atoms with van der Waals surface area (Å²) in [5.41, 5.74) is 0.385. The molecule has 0 fully saturated rings. The summed E-state index contributed by atoms with van der Waals surface area (Å²) in [4.78, 5) is 38.0. The van der Waals surface area contributed by atoms with Crippen molar-refractivity contribution in [1.82, 2.24) is 4.90 Å². The van der Waals surface area contributed by atoms with Crippen molar-refractivity contribution >= 4 is 29.6 Å². The van der Waals surface area contributed by atoms with Crippen LogP contribution in [0, 0.1) is 0 Å². The minimum absolute atomic E-state index is 0.00675. The maximum Gasteiger partial charge on any atom is 0.513 e. The zero-order valence-electron chi connectivity index (χ0n) is 16.6. The summed E-state index contributed by atoms with van der Waals surface area (Å²) in [6.45, 7) is 6.56. The standard InChI is InChI=1S/C20H24ClNO6/c1-12-18(27-19(25)26-5)15(13-7-6-8-14(21)9-13)10-16(23)22(12)11-17(24)28-20(2,3)4/h6-9,15H,10-11H2,1-5H3. The lowest BCUT2D eigenvalue weighted by Gasteiger charge is -2.34. The molecular weight excluding hydrogens is 386 g/mol. The normalized spacial score (nSPS) is 17.4. The Morgan fingerprint density at radius 3 is 2.54 bits per heavy atom. The second-order valence-corrected chi connectivity index (χ2v) is 7.82. The van der Waals surface area contributed by atoms with Crippen LogP contribution in [0.1, 0.15) is 45.6 Å². The maximum atomic E-state index is 12.8. The number of methoxy groups -OCH3 is 1. The van der Waals surface area contributed by atoms with Gasteiger partial charge in [0.05, 0.1) is 18.7 Å². The van der Waals surface area contributed by atoms with Crippen LogP contribution in [-0.2, 0) is 23.8 Å². The van der Waals surface area contributed by atoms with E-state index in [0.29, 0.717) is 10.7 Å². The number of nitrogens with zero attached hydrogens (tertiary/aromatic N) is 1. The minimum atomic E-state index is -0.909. The fourth-order valence-electron chi connectivity index (χ4n) is 2.93. The Morgan fingerprint density at radius 1 is 1.29 bits per heavy atom. The Labute approximate surface area is 169 Å². The lowest BCUT2D eigenvalue weighted by Crippen LogP contribution is -2.42. The Balaban J connectivity index is 2.40. The average molecular weight is 410 g/mol. The summed E-state index contributed by atoms with van der Waals surface area (Å²) >= 11 is 6.07. The van der Waals surface area contributed by atoms with Gasteiger partial charge in [0.1, 0.15) is 17.9 Å². The number of allylic oxidation sites excluding steroid dienone is 2. The molecule has 1 aliphatic heterocycles. The van der Waals surface area contributed by atoms with Crippen LogP contribution in [-0.4, -0.2) is 42.2 Å². The van der Waals surface area contributed by atoms with E-state index in [1.54, 1.807) is 52.0 Å². The first kappa shape index (κ1) is 21.8. The topological polar surface area (TPSA) is 82.1 Å². The lowest BCUT2D eigenvalue weighted by molar-refractivity contribution is -0.158. The molecule has 28 heavy (non-hydrogen) atoms. The van der Waals surface area contributed by atoms with Crippen LogP contribution >= 0.6 is 11.6 Å². The van der Waals surface area contributed by atoms with Crippen molar-refractivity contribution in [2.24, 2.45) is 0 Å². The fourth-order valence-corrected chi connectivity index (χ4v) is 3.13. The van der Waals surface area contributed by atoms with Gasteiger partial charge in [0, 0.05) is 11.4 Å². The Bertz CT molecular complexity index is 811. The summed E-state index contributed by atoms with van der Waals surface area (Å²) in [5, 5.41) is 0.496. The third-order valence-corrected chi connectivity index (χ3v) is 4.31. The lowest BCUT2D eigenvalue weighted by atomic mass is 9.89. The van der Waals surface area contributed by atoms with Crippen molar-refractivity contribution in [3.05, 3.63) is 46.3 Å². The summed E-state index contributed by atoms with van der Waals surface area (Å²) < 4.78 is 15.2. The second kappa shape index (κ2) is 8.65.